The molecule has 0 radical (unpaired) electrons. The van der Waals surface area contributed by atoms with E-state index in [0.717, 1.165) is 60.5 Å². The molecule has 0 spiro atoms. The highest BCUT2D eigenvalue weighted by atomic mass is 32.1. The third-order valence-electron chi connectivity index (χ3n) is 7.28. The minimum atomic E-state index is -0.170. The SMILES string of the molecule is CC1CCN(c2ncnc3c2sc2nc(N4CCCC4)c4c(c23)CC(C)(C)OC4)CC1. The second-order valence-corrected chi connectivity index (χ2v) is 11.1. The maximum atomic E-state index is 6.25. The average molecular weight is 438 g/mol. The van der Waals surface area contributed by atoms with Gasteiger partial charge in [-0.15, -0.1) is 11.3 Å². The Morgan fingerprint density at radius 1 is 1.00 bits per heavy atom. The van der Waals surface area contributed by atoms with Gasteiger partial charge < -0.3 is 14.5 Å². The molecule has 0 atom stereocenters. The normalized spacial score (nSPS) is 21.9. The van der Waals surface area contributed by atoms with E-state index < -0.39 is 0 Å². The van der Waals surface area contributed by atoms with Gasteiger partial charge in [0.25, 0.3) is 0 Å². The zero-order valence-electron chi connectivity index (χ0n) is 18.8. The fourth-order valence-corrected chi connectivity index (χ4v) is 6.58. The number of fused-ring (bicyclic) bond motifs is 5. The summed E-state index contributed by atoms with van der Waals surface area (Å²) in [5.41, 5.74) is 3.58. The number of anilines is 2. The summed E-state index contributed by atoms with van der Waals surface area (Å²) in [4.78, 5) is 20.8. The smallest absolute Gasteiger partial charge is 0.150 e. The first-order chi connectivity index (χ1) is 15.0. The number of hydrogen-bond acceptors (Lipinski definition) is 7. The topological polar surface area (TPSA) is 54.4 Å². The van der Waals surface area contributed by atoms with Gasteiger partial charge in [0.2, 0.25) is 0 Å². The van der Waals surface area contributed by atoms with Crippen molar-refractivity contribution < 1.29 is 4.74 Å². The molecule has 0 amide bonds. The lowest BCUT2D eigenvalue weighted by Gasteiger charge is -2.34. The fraction of sp³-hybridized carbons (Fsp3) is 0.625. The second-order valence-electron chi connectivity index (χ2n) is 10.1. The van der Waals surface area contributed by atoms with Crippen LogP contribution in [0.25, 0.3) is 20.4 Å². The van der Waals surface area contributed by atoms with E-state index in [4.69, 9.17) is 19.7 Å². The summed E-state index contributed by atoms with van der Waals surface area (Å²) in [7, 11) is 0. The number of nitrogens with zero attached hydrogens (tertiary/aromatic N) is 5. The lowest BCUT2D eigenvalue weighted by molar-refractivity contribution is -0.0395. The molecule has 3 aromatic rings. The first kappa shape index (κ1) is 19.7. The lowest BCUT2D eigenvalue weighted by Crippen LogP contribution is -2.34. The van der Waals surface area contributed by atoms with Gasteiger partial charge in [-0.1, -0.05) is 6.92 Å². The molecule has 0 bridgehead atoms. The highest BCUT2D eigenvalue weighted by molar-refractivity contribution is 7.26. The zero-order chi connectivity index (χ0) is 21.2. The van der Waals surface area contributed by atoms with E-state index in [9.17, 15) is 0 Å². The Hall–Kier alpha value is -1.99. The van der Waals surface area contributed by atoms with Crippen molar-refractivity contribution in [1.29, 1.82) is 0 Å². The molecule has 0 saturated carbocycles. The van der Waals surface area contributed by atoms with Crippen LogP contribution in [0.5, 0.6) is 0 Å². The van der Waals surface area contributed by atoms with Crippen molar-refractivity contribution in [3.63, 3.8) is 0 Å². The Morgan fingerprint density at radius 3 is 2.52 bits per heavy atom. The van der Waals surface area contributed by atoms with E-state index in [0.29, 0.717) is 6.61 Å². The standard InChI is InChI=1S/C24H31N5OS/c1-15-6-10-29(11-7-15)22-20-19(25-14-26-22)18-16-12-24(2,3)30-13-17(16)21(27-23(18)31-20)28-8-4-5-9-28/h14-15H,4-13H2,1-3H3. The van der Waals surface area contributed by atoms with E-state index >= 15 is 0 Å². The predicted molar refractivity (Wildman–Crippen MR) is 127 cm³/mol. The Morgan fingerprint density at radius 2 is 1.74 bits per heavy atom. The Labute approximate surface area is 187 Å². The van der Waals surface area contributed by atoms with Crippen LogP contribution in [0.15, 0.2) is 6.33 Å². The Kier molecular flexibility index (Phi) is 4.62. The van der Waals surface area contributed by atoms with E-state index in [1.807, 2.05) is 0 Å². The van der Waals surface area contributed by atoms with Gasteiger partial charge >= 0.3 is 0 Å². The van der Waals surface area contributed by atoms with Gasteiger partial charge in [0.15, 0.2) is 0 Å². The van der Waals surface area contributed by atoms with Gasteiger partial charge in [-0.2, -0.15) is 0 Å². The van der Waals surface area contributed by atoms with Crippen molar-refractivity contribution in [2.24, 2.45) is 5.92 Å². The predicted octanol–water partition coefficient (Wildman–Crippen LogP) is 4.93. The van der Waals surface area contributed by atoms with Gasteiger partial charge in [-0.25, -0.2) is 15.0 Å². The molecule has 7 heteroatoms. The maximum absolute atomic E-state index is 6.25. The number of rotatable bonds is 2. The van der Waals surface area contributed by atoms with Crippen LogP contribution in [-0.2, 0) is 17.8 Å². The molecule has 3 aliphatic rings. The van der Waals surface area contributed by atoms with Gasteiger partial charge in [0.05, 0.1) is 22.4 Å². The molecular weight excluding hydrogens is 406 g/mol. The molecular formula is C24H31N5OS. The average Bonchev–Trinajstić information content (AvgIpc) is 3.41. The van der Waals surface area contributed by atoms with Crippen LogP contribution in [-0.4, -0.2) is 46.7 Å². The molecule has 6 rings (SSSR count). The van der Waals surface area contributed by atoms with Crippen LogP contribution in [0, 0.1) is 5.92 Å². The number of thiophene rings is 1. The summed E-state index contributed by atoms with van der Waals surface area (Å²) in [5, 5.41) is 1.24. The molecule has 2 saturated heterocycles. The molecule has 3 aromatic heterocycles. The van der Waals surface area contributed by atoms with E-state index in [1.54, 1.807) is 17.7 Å². The van der Waals surface area contributed by atoms with Crippen LogP contribution in [0.1, 0.15) is 57.6 Å². The fourth-order valence-electron chi connectivity index (χ4n) is 5.41. The Bertz CT molecular complexity index is 1140. The number of hydrogen-bond donors (Lipinski definition) is 0. The van der Waals surface area contributed by atoms with Gasteiger partial charge in [0, 0.05) is 43.5 Å². The van der Waals surface area contributed by atoms with E-state index in [1.165, 1.54) is 46.9 Å². The van der Waals surface area contributed by atoms with Gasteiger partial charge in [-0.05, 0) is 51.0 Å². The summed E-state index contributed by atoms with van der Waals surface area (Å²) in [6.07, 6.45) is 7.61. The summed E-state index contributed by atoms with van der Waals surface area (Å²) in [6, 6.07) is 0. The quantitative estimate of drug-likeness (QED) is 0.567. The van der Waals surface area contributed by atoms with Crippen molar-refractivity contribution >= 4 is 43.4 Å². The minimum absolute atomic E-state index is 0.170. The number of piperidine rings is 1. The van der Waals surface area contributed by atoms with Crippen molar-refractivity contribution in [3.8, 4) is 0 Å². The van der Waals surface area contributed by atoms with E-state index in [2.05, 4.69) is 30.6 Å². The third-order valence-corrected chi connectivity index (χ3v) is 8.35. The molecule has 2 fully saturated rings. The van der Waals surface area contributed by atoms with Crippen molar-refractivity contribution in [2.75, 3.05) is 36.0 Å². The van der Waals surface area contributed by atoms with Gasteiger partial charge in [0.1, 0.15) is 22.8 Å². The van der Waals surface area contributed by atoms with Crippen LogP contribution in [0.4, 0.5) is 11.6 Å². The molecule has 3 aliphatic heterocycles. The zero-order valence-corrected chi connectivity index (χ0v) is 19.6. The Balaban J connectivity index is 1.57. The van der Waals surface area contributed by atoms with Crippen LogP contribution >= 0.6 is 11.3 Å². The summed E-state index contributed by atoms with van der Waals surface area (Å²) >= 11 is 1.78. The highest BCUT2D eigenvalue weighted by Gasteiger charge is 2.34. The number of pyridine rings is 1. The van der Waals surface area contributed by atoms with E-state index in [-0.39, 0.29) is 5.60 Å². The van der Waals surface area contributed by atoms with Crippen molar-refractivity contribution in [2.45, 2.75) is 65.1 Å². The lowest BCUT2D eigenvalue weighted by atomic mass is 9.90. The highest BCUT2D eigenvalue weighted by Crippen LogP contribution is 2.45. The van der Waals surface area contributed by atoms with Crippen molar-refractivity contribution in [1.82, 2.24) is 15.0 Å². The molecule has 31 heavy (non-hydrogen) atoms. The van der Waals surface area contributed by atoms with Crippen LogP contribution in [0.2, 0.25) is 0 Å². The molecule has 0 N–H and O–H groups in total. The largest absolute Gasteiger partial charge is 0.370 e. The van der Waals surface area contributed by atoms with Crippen LogP contribution < -0.4 is 9.80 Å². The second kappa shape index (κ2) is 7.27. The summed E-state index contributed by atoms with van der Waals surface area (Å²) in [5.74, 6) is 3.04. The van der Waals surface area contributed by atoms with Gasteiger partial charge in [-0.3, -0.25) is 0 Å². The first-order valence-electron chi connectivity index (χ1n) is 11.7. The number of aromatic nitrogens is 3. The van der Waals surface area contributed by atoms with Crippen LogP contribution in [0.3, 0.4) is 0 Å². The third kappa shape index (κ3) is 3.28. The molecule has 0 aliphatic carbocycles. The molecule has 6 heterocycles. The number of ether oxygens (including phenoxy) is 1. The summed E-state index contributed by atoms with van der Waals surface area (Å²) < 4.78 is 7.45. The monoisotopic (exact) mass is 437 g/mol. The molecule has 6 nitrogen and oxygen atoms in total. The maximum Gasteiger partial charge on any atom is 0.150 e. The molecule has 0 unspecified atom stereocenters. The molecule has 0 aromatic carbocycles. The first-order valence-corrected chi connectivity index (χ1v) is 12.5. The summed E-state index contributed by atoms with van der Waals surface area (Å²) in [6.45, 7) is 11.7. The van der Waals surface area contributed by atoms with Crippen molar-refractivity contribution in [3.05, 3.63) is 17.5 Å². The minimum Gasteiger partial charge on any atom is -0.370 e. The molecule has 164 valence electrons.